The Balaban J connectivity index is 1.93. The summed E-state index contributed by atoms with van der Waals surface area (Å²) < 4.78 is 18.8. The van der Waals surface area contributed by atoms with Crippen LogP contribution in [0.4, 0.5) is 4.39 Å². The van der Waals surface area contributed by atoms with E-state index in [1.165, 1.54) is 6.07 Å². The topological polar surface area (TPSA) is 49.8 Å². The molecule has 1 aromatic carbocycles. The number of amides is 1. The summed E-state index contributed by atoms with van der Waals surface area (Å²) in [5, 5.41) is 10.3. The Morgan fingerprint density at radius 1 is 1.41 bits per heavy atom. The molecular weight excluding hydrogens is 285 g/mol. The molecule has 1 amide bonds. The Morgan fingerprint density at radius 3 is 2.82 bits per heavy atom. The first-order valence-corrected chi connectivity index (χ1v) is 7.74. The number of aliphatic hydroxyl groups excluding tert-OH is 1. The zero-order valence-corrected chi connectivity index (χ0v) is 13.2. The van der Waals surface area contributed by atoms with Crippen LogP contribution in [0.25, 0.3) is 0 Å². The number of nitrogens with zero attached hydrogens (tertiary/aromatic N) is 1. The standard InChI is InChI=1S/C17H24FNO3/c1-19(14-8-5-9-15(22-2)17(14)21)16(20)11-10-12-6-3-4-7-13(12)18/h3-4,6-7,14-15,17,21H,5,8-11H2,1-2H3/t14-,15-,17-/m1/s1. The first-order valence-electron chi connectivity index (χ1n) is 7.74. The summed E-state index contributed by atoms with van der Waals surface area (Å²) in [6.07, 6.45) is 2.21. The highest BCUT2D eigenvalue weighted by atomic mass is 19.1. The van der Waals surface area contributed by atoms with Gasteiger partial charge in [-0.15, -0.1) is 0 Å². The Hall–Kier alpha value is -1.46. The van der Waals surface area contributed by atoms with Gasteiger partial charge < -0.3 is 14.7 Å². The second-order valence-electron chi connectivity index (χ2n) is 5.86. The molecule has 2 rings (SSSR count). The average molecular weight is 309 g/mol. The van der Waals surface area contributed by atoms with Crippen LogP contribution in [0.2, 0.25) is 0 Å². The van der Waals surface area contributed by atoms with Crippen molar-refractivity contribution in [2.24, 2.45) is 0 Å². The molecule has 1 aliphatic rings. The second-order valence-corrected chi connectivity index (χ2v) is 5.86. The van der Waals surface area contributed by atoms with Gasteiger partial charge in [0.2, 0.25) is 5.91 Å². The monoisotopic (exact) mass is 309 g/mol. The van der Waals surface area contributed by atoms with Gasteiger partial charge in [-0.1, -0.05) is 18.2 Å². The molecule has 0 aliphatic heterocycles. The lowest BCUT2D eigenvalue weighted by Crippen LogP contribution is -2.52. The molecule has 0 heterocycles. The van der Waals surface area contributed by atoms with Gasteiger partial charge >= 0.3 is 0 Å². The van der Waals surface area contributed by atoms with E-state index in [4.69, 9.17) is 4.74 Å². The molecule has 0 radical (unpaired) electrons. The van der Waals surface area contributed by atoms with E-state index < -0.39 is 6.10 Å². The zero-order chi connectivity index (χ0) is 16.1. The molecule has 22 heavy (non-hydrogen) atoms. The maximum absolute atomic E-state index is 13.6. The van der Waals surface area contributed by atoms with E-state index >= 15 is 0 Å². The lowest BCUT2D eigenvalue weighted by molar-refractivity contribution is -0.140. The predicted octanol–water partition coefficient (Wildman–Crippen LogP) is 2.15. The van der Waals surface area contributed by atoms with Gasteiger partial charge in [-0.05, 0) is 37.3 Å². The van der Waals surface area contributed by atoms with Gasteiger partial charge in [0.25, 0.3) is 0 Å². The molecular formula is C17H24FNO3. The van der Waals surface area contributed by atoms with E-state index in [0.29, 0.717) is 12.0 Å². The quantitative estimate of drug-likeness (QED) is 0.906. The summed E-state index contributed by atoms with van der Waals surface area (Å²) in [6, 6.07) is 6.26. The number of aryl methyl sites for hydroxylation is 1. The Bertz CT molecular complexity index is 508. The van der Waals surface area contributed by atoms with E-state index in [1.54, 1.807) is 37.3 Å². The van der Waals surface area contributed by atoms with Crippen molar-refractivity contribution < 1.29 is 19.0 Å². The fourth-order valence-electron chi connectivity index (χ4n) is 3.10. The van der Waals surface area contributed by atoms with Crippen LogP contribution in [0.5, 0.6) is 0 Å². The number of halogens is 1. The Kier molecular flexibility index (Phi) is 5.91. The maximum Gasteiger partial charge on any atom is 0.222 e. The minimum Gasteiger partial charge on any atom is -0.388 e. The number of aliphatic hydroxyl groups is 1. The number of ether oxygens (including phenoxy) is 1. The maximum atomic E-state index is 13.6. The molecule has 5 heteroatoms. The summed E-state index contributed by atoms with van der Waals surface area (Å²) in [5.74, 6) is -0.362. The van der Waals surface area contributed by atoms with Gasteiger partial charge in [0, 0.05) is 20.6 Å². The fraction of sp³-hybridized carbons (Fsp3) is 0.588. The number of carbonyl (C=O) groups excluding carboxylic acids is 1. The number of rotatable bonds is 5. The molecule has 1 aliphatic carbocycles. The molecule has 1 saturated carbocycles. The minimum atomic E-state index is -0.666. The third kappa shape index (κ3) is 3.84. The lowest BCUT2D eigenvalue weighted by atomic mass is 9.89. The van der Waals surface area contributed by atoms with Gasteiger partial charge in [0.05, 0.1) is 12.1 Å². The third-order valence-electron chi connectivity index (χ3n) is 4.52. The van der Waals surface area contributed by atoms with Crippen LogP contribution >= 0.6 is 0 Å². The van der Waals surface area contributed by atoms with Gasteiger partial charge in [-0.3, -0.25) is 4.79 Å². The van der Waals surface area contributed by atoms with Crippen molar-refractivity contribution in [3.8, 4) is 0 Å². The van der Waals surface area contributed by atoms with Crippen LogP contribution in [0, 0.1) is 5.82 Å². The molecule has 4 nitrogen and oxygen atoms in total. The third-order valence-corrected chi connectivity index (χ3v) is 4.52. The highest BCUT2D eigenvalue weighted by Crippen LogP contribution is 2.25. The van der Waals surface area contributed by atoms with Crippen molar-refractivity contribution in [1.82, 2.24) is 4.90 Å². The Morgan fingerprint density at radius 2 is 2.14 bits per heavy atom. The van der Waals surface area contributed by atoms with Crippen LogP contribution in [0.3, 0.4) is 0 Å². The minimum absolute atomic E-state index is 0.0796. The van der Waals surface area contributed by atoms with E-state index in [9.17, 15) is 14.3 Å². The molecule has 0 unspecified atom stereocenters. The normalized spacial score (nSPS) is 25.0. The van der Waals surface area contributed by atoms with E-state index in [0.717, 1.165) is 19.3 Å². The van der Waals surface area contributed by atoms with Gasteiger partial charge in [0.15, 0.2) is 0 Å². The molecule has 3 atom stereocenters. The summed E-state index contributed by atoms with van der Waals surface area (Å²) in [5.41, 5.74) is 0.545. The van der Waals surface area contributed by atoms with Gasteiger partial charge in [-0.25, -0.2) is 4.39 Å². The molecule has 1 N–H and O–H groups in total. The molecule has 0 bridgehead atoms. The second kappa shape index (κ2) is 7.70. The highest BCUT2D eigenvalue weighted by Gasteiger charge is 2.35. The van der Waals surface area contributed by atoms with Crippen molar-refractivity contribution in [3.05, 3.63) is 35.6 Å². The highest BCUT2D eigenvalue weighted by molar-refractivity contribution is 5.76. The summed E-state index contributed by atoms with van der Waals surface area (Å²) in [6.45, 7) is 0. The van der Waals surface area contributed by atoms with E-state index in [1.807, 2.05) is 0 Å². The fourth-order valence-corrected chi connectivity index (χ4v) is 3.10. The van der Waals surface area contributed by atoms with Crippen molar-refractivity contribution in [2.75, 3.05) is 14.2 Å². The number of hydrogen-bond donors (Lipinski definition) is 1. The first-order chi connectivity index (χ1) is 10.5. The number of benzene rings is 1. The average Bonchev–Trinajstić information content (AvgIpc) is 2.53. The molecule has 1 aromatic rings. The van der Waals surface area contributed by atoms with Crippen molar-refractivity contribution in [1.29, 1.82) is 0 Å². The predicted molar refractivity (Wildman–Crippen MR) is 81.9 cm³/mol. The number of likely N-dealkylation sites (N-methyl/N-ethyl adjacent to an activating group) is 1. The van der Waals surface area contributed by atoms with Crippen LogP contribution < -0.4 is 0 Å². The largest absolute Gasteiger partial charge is 0.388 e. The van der Waals surface area contributed by atoms with Gasteiger partial charge in [-0.2, -0.15) is 0 Å². The van der Waals surface area contributed by atoms with Crippen LogP contribution in [0.15, 0.2) is 24.3 Å². The van der Waals surface area contributed by atoms with Crippen molar-refractivity contribution in [2.45, 2.75) is 50.4 Å². The number of hydrogen-bond acceptors (Lipinski definition) is 3. The zero-order valence-electron chi connectivity index (χ0n) is 13.2. The summed E-state index contributed by atoms with van der Waals surface area (Å²) in [7, 11) is 3.28. The van der Waals surface area contributed by atoms with Crippen LogP contribution in [0.1, 0.15) is 31.2 Å². The summed E-state index contributed by atoms with van der Waals surface area (Å²) in [4.78, 5) is 13.9. The number of carbonyl (C=O) groups is 1. The first kappa shape index (κ1) is 16.9. The van der Waals surface area contributed by atoms with E-state index in [-0.39, 0.29) is 30.3 Å². The van der Waals surface area contributed by atoms with Crippen molar-refractivity contribution >= 4 is 5.91 Å². The van der Waals surface area contributed by atoms with Crippen molar-refractivity contribution in [3.63, 3.8) is 0 Å². The van der Waals surface area contributed by atoms with Gasteiger partial charge in [0.1, 0.15) is 11.9 Å². The van der Waals surface area contributed by atoms with Crippen LogP contribution in [-0.4, -0.2) is 48.3 Å². The number of methoxy groups -OCH3 is 1. The SMILES string of the molecule is CO[C@@H]1CCC[C@@H](N(C)C(=O)CCc2ccccc2F)[C@H]1O. The lowest BCUT2D eigenvalue weighted by Gasteiger charge is -2.39. The molecule has 1 fully saturated rings. The molecule has 0 spiro atoms. The summed E-state index contributed by atoms with van der Waals surface area (Å²) >= 11 is 0. The smallest absolute Gasteiger partial charge is 0.222 e. The molecule has 0 aromatic heterocycles. The van der Waals surface area contributed by atoms with Crippen LogP contribution in [-0.2, 0) is 16.0 Å². The molecule has 122 valence electrons. The molecule has 0 saturated heterocycles. The van der Waals surface area contributed by atoms with E-state index in [2.05, 4.69) is 0 Å². The Labute approximate surface area is 130 Å².